The number of ketones is 1. The van der Waals surface area contributed by atoms with Crippen molar-refractivity contribution in [2.45, 2.75) is 32.1 Å². The molecule has 0 bridgehead atoms. The summed E-state index contributed by atoms with van der Waals surface area (Å²) in [6, 6.07) is 0. The molecule has 2 aliphatic rings. The summed E-state index contributed by atoms with van der Waals surface area (Å²) in [5, 5.41) is 8.81. The number of Topliss-reactive ketones (excluding diaryl/α,β-unsaturated/α-hetero) is 1. The third-order valence-electron chi connectivity index (χ3n) is 2.85. The smallest absolute Gasteiger partial charge is 0.331 e. The van der Waals surface area contributed by atoms with Crippen LogP contribution >= 0.6 is 0 Å². The van der Waals surface area contributed by atoms with Gasteiger partial charge in [0, 0.05) is 17.6 Å². The lowest BCUT2D eigenvalue weighted by molar-refractivity contribution is -0.132. The van der Waals surface area contributed by atoms with E-state index in [9.17, 15) is 9.59 Å². The van der Waals surface area contributed by atoms with Crippen molar-refractivity contribution in [3.63, 3.8) is 0 Å². The van der Waals surface area contributed by atoms with Gasteiger partial charge in [0.25, 0.3) is 0 Å². The van der Waals surface area contributed by atoms with Crippen LogP contribution in [0.3, 0.4) is 0 Å². The monoisotopic (exact) mass is 192 g/mol. The van der Waals surface area contributed by atoms with Crippen molar-refractivity contribution in [3.05, 3.63) is 22.8 Å². The molecular formula is C11H12O3. The third kappa shape index (κ3) is 1.50. The van der Waals surface area contributed by atoms with Gasteiger partial charge in [-0.05, 0) is 31.8 Å². The number of rotatable bonds is 1. The van der Waals surface area contributed by atoms with E-state index in [4.69, 9.17) is 5.11 Å². The van der Waals surface area contributed by atoms with E-state index in [2.05, 4.69) is 0 Å². The highest BCUT2D eigenvalue weighted by atomic mass is 16.4. The van der Waals surface area contributed by atoms with E-state index in [-0.39, 0.29) is 5.78 Å². The van der Waals surface area contributed by atoms with Crippen LogP contribution in [0.5, 0.6) is 0 Å². The van der Waals surface area contributed by atoms with Crippen molar-refractivity contribution in [3.8, 4) is 0 Å². The van der Waals surface area contributed by atoms with Crippen molar-refractivity contribution in [2.75, 3.05) is 0 Å². The predicted octanol–water partition coefficient (Wildman–Crippen LogP) is 1.84. The number of allylic oxidation sites excluding steroid dienone is 3. The van der Waals surface area contributed by atoms with Gasteiger partial charge in [0.2, 0.25) is 0 Å². The zero-order valence-electron chi connectivity index (χ0n) is 7.88. The Kier molecular flexibility index (Phi) is 2.23. The van der Waals surface area contributed by atoms with Crippen LogP contribution in [0.1, 0.15) is 32.1 Å². The Balaban J connectivity index is 2.36. The highest BCUT2D eigenvalue weighted by Gasteiger charge is 2.24. The molecule has 0 heterocycles. The van der Waals surface area contributed by atoms with E-state index in [1.54, 1.807) is 6.08 Å². The molecule has 74 valence electrons. The molecule has 0 atom stereocenters. The van der Waals surface area contributed by atoms with Gasteiger partial charge in [-0.2, -0.15) is 0 Å². The minimum absolute atomic E-state index is 0.115. The number of carboxylic acids is 1. The van der Waals surface area contributed by atoms with Gasteiger partial charge in [-0.25, -0.2) is 4.79 Å². The SMILES string of the molecule is O=C(O)C1=CC2=C(CCCC2=O)CC1. The van der Waals surface area contributed by atoms with Gasteiger partial charge in [0.05, 0.1) is 0 Å². The molecule has 0 unspecified atom stereocenters. The minimum Gasteiger partial charge on any atom is -0.478 e. The Morgan fingerprint density at radius 2 is 2.00 bits per heavy atom. The Morgan fingerprint density at radius 3 is 2.71 bits per heavy atom. The molecule has 0 aliphatic heterocycles. The molecule has 1 N–H and O–H groups in total. The number of carboxylic acid groups (broad SMARTS) is 1. The van der Waals surface area contributed by atoms with E-state index in [1.165, 1.54) is 0 Å². The fourth-order valence-electron chi connectivity index (χ4n) is 2.07. The quantitative estimate of drug-likeness (QED) is 0.689. The number of hydrogen-bond donors (Lipinski definition) is 1. The Bertz CT molecular complexity index is 361. The molecule has 0 saturated heterocycles. The van der Waals surface area contributed by atoms with Crippen molar-refractivity contribution < 1.29 is 14.7 Å². The van der Waals surface area contributed by atoms with Crippen LogP contribution in [0.15, 0.2) is 22.8 Å². The molecule has 0 saturated carbocycles. The van der Waals surface area contributed by atoms with Crippen molar-refractivity contribution in [1.29, 1.82) is 0 Å². The molecule has 0 aromatic heterocycles. The van der Waals surface area contributed by atoms with Crippen LogP contribution < -0.4 is 0 Å². The Hall–Kier alpha value is -1.38. The van der Waals surface area contributed by atoms with Gasteiger partial charge in [0.15, 0.2) is 5.78 Å². The maximum absolute atomic E-state index is 11.5. The minimum atomic E-state index is -0.894. The van der Waals surface area contributed by atoms with Gasteiger partial charge >= 0.3 is 5.97 Å². The van der Waals surface area contributed by atoms with E-state index >= 15 is 0 Å². The molecule has 3 nitrogen and oxygen atoms in total. The fraction of sp³-hybridized carbons (Fsp3) is 0.455. The van der Waals surface area contributed by atoms with Crippen LogP contribution in [0.4, 0.5) is 0 Å². The van der Waals surface area contributed by atoms with Crippen LogP contribution in [-0.2, 0) is 9.59 Å². The zero-order chi connectivity index (χ0) is 10.1. The molecule has 2 aliphatic carbocycles. The van der Waals surface area contributed by atoms with Crippen LogP contribution in [0.25, 0.3) is 0 Å². The van der Waals surface area contributed by atoms with E-state index in [0.29, 0.717) is 24.0 Å². The Morgan fingerprint density at radius 1 is 1.21 bits per heavy atom. The normalized spacial score (nSPS) is 21.7. The average Bonchev–Trinajstić information content (AvgIpc) is 2.18. The largest absolute Gasteiger partial charge is 0.478 e. The van der Waals surface area contributed by atoms with Gasteiger partial charge < -0.3 is 5.11 Å². The standard InChI is InChI=1S/C11H12O3/c12-10-3-1-2-7-4-5-8(11(13)14)6-9(7)10/h6H,1-5H2,(H,13,14). The molecule has 0 spiro atoms. The molecule has 0 radical (unpaired) electrons. The lowest BCUT2D eigenvalue weighted by Crippen LogP contribution is -2.16. The van der Waals surface area contributed by atoms with Crippen LogP contribution in [0, 0.1) is 0 Å². The van der Waals surface area contributed by atoms with E-state index < -0.39 is 5.97 Å². The second-order valence-corrected chi connectivity index (χ2v) is 3.77. The van der Waals surface area contributed by atoms with Crippen LogP contribution in [0.2, 0.25) is 0 Å². The highest BCUT2D eigenvalue weighted by molar-refractivity contribution is 6.02. The molecule has 0 aromatic rings. The molecule has 0 amide bonds. The second-order valence-electron chi connectivity index (χ2n) is 3.77. The molecular weight excluding hydrogens is 180 g/mol. The number of carbonyl (C=O) groups excluding carboxylic acids is 1. The number of hydrogen-bond acceptors (Lipinski definition) is 2. The van der Waals surface area contributed by atoms with Crippen molar-refractivity contribution in [1.82, 2.24) is 0 Å². The van der Waals surface area contributed by atoms with Crippen LogP contribution in [-0.4, -0.2) is 16.9 Å². The summed E-state index contributed by atoms with van der Waals surface area (Å²) in [6.07, 6.45) is 5.35. The first kappa shape index (κ1) is 9.19. The maximum Gasteiger partial charge on any atom is 0.331 e. The maximum atomic E-state index is 11.5. The summed E-state index contributed by atoms with van der Waals surface area (Å²) in [5.74, 6) is -0.778. The molecule has 2 rings (SSSR count). The summed E-state index contributed by atoms with van der Waals surface area (Å²) in [6.45, 7) is 0. The second kappa shape index (κ2) is 3.40. The van der Waals surface area contributed by atoms with Gasteiger partial charge in [-0.15, -0.1) is 0 Å². The summed E-state index contributed by atoms with van der Waals surface area (Å²) >= 11 is 0. The lowest BCUT2D eigenvalue weighted by Gasteiger charge is -2.21. The summed E-state index contributed by atoms with van der Waals surface area (Å²) in [5.41, 5.74) is 2.21. The molecule has 14 heavy (non-hydrogen) atoms. The fourth-order valence-corrected chi connectivity index (χ4v) is 2.07. The zero-order valence-corrected chi connectivity index (χ0v) is 7.88. The Labute approximate surface area is 82.1 Å². The van der Waals surface area contributed by atoms with Gasteiger partial charge in [0.1, 0.15) is 0 Å². The number of carbonyl (C=O) groups is 2. The molecule has 3 heteroatoms. The average molecular weight is 192 g/mol. The summed E-state index contributed by atoms with van der Waals surface area (Å²) in [4.78, 5) is 22.2. The van der Waals surface area contributed by atoms with E-state index in [1.807, 2.05) is 0 Å². The topological polar surface area (TPSA) is 54.4 Å². The predicted molar refractivity (Wildman–Crippen MR) is 50.8 cm³/mol. The molecule has 0 fully saturated rings. The van der Waals surface area contributed by atoms with E-state index in [0.717, 1.165) is 24.8 Å². The van der Waals surface area contributed by atoms with Crippen molar-refractivity contribution in [2.24, 2.45) is 0 Å². The molecule has 0 aromatic carbocycles. The highest BCUT2D eigenvalue weighted by Crippen LogP contribution is 2.32. The van der Waals surface area contributed by atoms with Crippen molar-refractivity contribution >= 4 is 11.8 Å². The lowest BCUT2D eigenvalue weighted by atomic mass is 9.82. The van der Waals surface area contributed by atoms with Gasteiger partial charge in [-0.3, -0.25) is 4.79 Å². The first-order chi connectivity index (χ1) is 6.68. The number of aliphatic carboxylic acids is 1. The first-order valence-corrected chi connectivity index (χ1v) is 4.87. The summed E-state index contributed by atoms with van der Waals surface area (Å²) in [7, 11) is 0. The first-order valence-electron chi connectivity index (χ1n) is 4.87. The summed E-state index contributed by atoms with van der Waals surface area (Å²) < 4.78 is 0. The van der Waals surface area contributed by atoms with Gasteiger partial charge in [-0.1, -0.05) is 5.57 Å². The third-order valence-corrected chi connectivity index (χ3v) is 2.85.